The molecule has 0 radical (unpaired) electrons. The van der Waals surface area contributed by atoms with Crippen molar-refractivity contribution < 1.29 is 0 Å². The maximum Gasteiger partial charge on any atom is 0.0950 e. The van der Waals surface area contributed by atoms with Crippen LogP contribution in [0.25, 0.3) is 6.08 Å². The first-order valence-electron chi connectivity index (χ1n) is 9.14. The first kappa shape index (κ1) is 25.9. The Bertz CT molecular complexity index is 638. The number of benzene rings is 1. The number of nitriles is 1. The van der Waals surface area contributed by atoms with Gasteiger partial charge in [0.1, 0.15) is 0 Å². The fraction of sp³-hybridized carbons (Fsp3) is 0.375. The highest BCUT2D eigenvalue weighted by molar-refractivity contribution is 5.46. The Morgan fingerprint density at radius 1 is 1.15 bits per heavy atom. The Morgan fingerprint density at radius 2 is 1.69 bits per heavy atom. The summed E-state index contributed by atoms with van der Waals surface area (Å²) in [6, 6.07) is 10.5. The zero-order chi connectivity index (χ0) is 20.5. The topological polar surface area (TPSA) is 49.8 Å². The van der Waals surface area contributed by atoms with E-state index < -0.39 is 0 Å². The second kappa shape index (κ2) is 16.1. The molecule has 1 aromatic carbocycles. The van der Waals surface area contributed by atoms with Crippen LogP contribution >= 0.6 is 0 Å². The number of aryl methyl sites for hydroxylation is 1. The molecule has 0 spiro atoms. The molecular weight excluding hydrogens is 316 g/mol. The van der Waals surface area contributed by atoms with E-state index in [4.69, 9.17) is 11.0 Å². The predicted molar refractivity (Wildman–Crippen MR) is 118 cm³/mol. The van der Waals surface area contributed by atoms with E-state index in [1.807, 2.05) is 39.8 Å². The lowest BCUT2D eigenvalue weighted by atomic mass is 10.0. The molecule has 1 aromatic rings. The molecule has 0 amide bonds. The summed E-state index contributed by atoms with van der Waals surface area (Å²) in [6.45, 7) is 20.1. The van der Waals surface area contributed by atoms with Gasteiger partial charge in [-0.1, -0.05) is 80.1 Å². The highest BCUT2D eigenvalue weighted by atomic mass is 14.5. The van der Waals surface area contributed by atoms with Gasteiger partial charge >= 0.3 is 0 Å². The third-order valence-electron chi connectivity index (χ3n) is 3.36. The van der Waals surface area contributed by atoms with E-state index in [2.05, 4.69) is 57.3 Å². The molecule has 0 atom stereocenters. The molecule has 0 aliphatic heterocycles. The summed E-state index contributed by atoms with van der Waals surface area (Å²) in [4.78, 5) is 0. The standard InChI is InChI=1S/C13H20N2.C9H10.C2H6/c1-10(2)7-11(3)8-12(4)13(9-15)5-6-14;1-3-9-6-4-8(2)5-7-9;1-2/h8H,1,5-7,14H2,2-4H3;3-7H,1H2,2H3;1-2H3/b11-8-,13-12+;;. The average Bonchev–Trinajstić information content (AvgIpc) is 2.61. The summed E-state index contributed by atoms with van der Waals surface area (Å²) in [5, 5.41) is 8.91. The average molecular weight is 353 g/mol. The van der Waals surface area contributed by atoms with Crippen LogP contribution in [-0.2, 0) is 0 Å². The minimum absolute atomic E-state index is 0.521. The van der Waals surface area contributed by atoms with E-state index >= 15 is 0 Å². The second-order valence-corrected chi connectivity index (χ2v) is 6.05. The van der Waals surface area contributed by atoms with Crippen LogP contribution in [0.1, 0.15) is 58.6 Å². The van der Waals surface area contributed by atoms with Gasteiger partial charge in [-0.15, -0.1) is 0 Å². The fourth-order valence-electron chi connectivity index (χ4n) is 2.17. The van der Waals surface area contributed by atoms with E-state index in [0.717, 1.165) is 23.1 Å². The van der Waals surface area contributed by atoms with Crippen LogP contribution in [0, 0.1) is 18.3 Å². The molecule has 142 valence electrons. The molecular formula is C24H36N2. The van der Waals surface area contributed by atoms with Gasteiger partial charge in [-0.05, 0) is 58.2 Å². The van der Waals surface area contributed by atoms with Crippen LogP contribution in [0.4, 0.5) is 0 Å². The molecule has 26 heavy (non-hydrogen) atoms. The third kappa shape index (κ3) is 13.0. The number of hydrogen-bond donors (Lipinski definition) is 1. The van der Waals surface area contributed by atoms with Crippen molar-refractivity contribution in [2.24, 2.45) is 5.73 Å². The monoisotopic (exact) mass is 352 g/mol. The van der Waals surface area contributed by atoms with Crippen LogP contribution < -0.4 is 5.73 Å². The van der Waals surface area contributed by atoms with Gasteiger partial charge in [-0.25, -0.2) is 0 Å². The lowest BCUT2D eigenvalue weighted by Gasteiger charge is -2.03. The Hall–Kier alpha value is -2.37. The highest BCUT2D eigenvalue weighted by Crippen LogP contribution is 2.14. The summed E-state index contributed by atoms with van der Waals surface area (Å²) in [5.41, 5.74) is 12.1. The molecule has 0 aliphatic carbocycles. The lowest BCUT2D eigenvalue weighted by Crippen LogP contribution is -2.00. The molecule has 0 saturated carbocycles. The van der Waals surface area contributed by atoms with Gasteiger partial charge in [-0.3, -0.25) is 0 Å². The van der Waals surface area contributed by atoms with Crippen LogP contribution in [0.2, 0.25) is 0 Å². The largest absolute Gasteiger partial charge is 0.330 e. The van der Waals surface area contributed by atoms with Gasteiger partial charge < -0.3 is 5.73 Å². The highest BCUT2D eigenvalue weighted by Gasteiger charge is 1.99. The zero-order valence-corrected chi connectivity index (χ0v) is 17.5. The summed E-state index contributed by atoms with van der Waals surface area (Å²) in [7, 11) is 0. The Kier molecular flexibility index (Phi) is 16.0. The van der Waals surface area contributed by atoms with Crippen LogP contribution in [0.5, 0.6) is 0 Å². The zero-order valence-electron chi connectivity index (χ0n) is 17.5. The van der Waals surface area contributed by atoms with Crippen molar-refractivity contribution in [1.82, 2.24) is 0 Å². The fourth-order valence-corrected chi connectivity index (χ4v) is 2.17. The molecule has 2 nitrogen and oxygen atoms in total. The minimum atomic E-state index is 0.521. The second-order valence-electron chi connectivity index (χ2n) is 6.05. The minimum Gasteiger partial charge on any atom is -0.330 e. The van der Waals surface area contributed by atoms with E-state index in [0.29, 0.717) is 13.0 Å². The van der Waals surface area contributed by atoms with Gasteiger partial charge in [0.2, 0.25) is 0 Å². The van der Waals surface area contributed by atoms with Crippen molar-refractivity contribution in [3.8, 4) is 6.07 Å². The maximum absolute atomic E-state index is 8.91. The summed E-state index contributed by atoms with van der Waals surface area (Å²) in [5.74, 6) is 0. The van der Waals surface area contributed by atoms with E-state index in [1.165, 1.54) is 16.7 Å². The van der Waals surface area contributed by atoms with Gasteiger partial charge in [0.15, 0.2) is 0 Å². The number of nitrogens with two attached hydrogens (primary N) is 1. The molecule has 0 aromatic heterocycles. The van der Waals surface area contributed by atoms with Crippen LogP contribution in [0.15, 0.2) is 65.8 Å². The quantitative estimate of drug-likeness (QED) is 0.349. The number of allylic oxidation sites excluding steroid dienone is 4. The normalized spacial score (nSPS) is 10.9. The Labute approximate surface area is 161 Å². The lowest BCUT2D eigenvalue weighted by molar-refractivity contribution is 0.964. The number of hydrogen-bond acceptors (Lipinski definition) is 2. The van der Waals surface area contributed by atoms with Crippen molar-refractivity contribution in [3.63, 3.8) is 0 Å². The van der Waals surface area contributed by atoms with E-state index in [9.17, 15) is 0 Å². The molecule has 0 saturated heterocycles. The van der Waals surface area contributed by atoms with E-state index in [1.54, 1.807) is 0 Å². The summed E-state index contributed by atoms with van der Waals surface area (Å²) in [6.07, 6.45) is 5.43. The number of nitrogens with zero attached hydrogens (tertiary/aromatic N) is 1. The molecule has 2 heteroatoms. The predicted octanol–water partition coefficient (Wildman–Crippen LogP) is 6.75. The molecule has 2 N–H and O–H groups in total. The molecule has 0 unspecified atom stereocenters. The van der Waals surface area contributed by atoms with Gasteiger partial charge in [0.05, 0.1) is 6.07 Å². The molecule has 0 fully saturated rings. The Balaban J connectivity index is 0. The van der Waals surface area contributed by atoms with Gasteiger partial charge in [0, 0.05) is 5.57 Å². The van der Waals surface area contributed by atoms with Crippen molar-refractivity contribution in [1.29, 1.82) is 5.26 Å². The van der Waals surface area contributed by atoms with E-state index in [-0.39, 0.29) is 0 Å². The van der Waals surface area contributed by atoms with Gasteiger partial charge in [-0.2, -0.15) is 5.26 Å². The van der Waals surface area contributed by atoms with Crippen molar-refractivity contribution in [2.75, 3.05) is 6.54 Å². The first-order chi connectivity index (χ1) is 12.3. The van der Waals surface area contributed by atoms with Crippen molar-refractivity contribution in [3.05, 3.63) is 76.9 Å². The summed E-state index contributed by atoms with van der Waals surface area (Å²) < 4.78 is 0. The van der Waals surface area contributed by atoms with Gasteiger partial charge in [0.25, 0.3) is 0 Å². The molecule has 0 bridgehead atoms. The Morgan fingerprint density at radius 3 is 2.08 bits per heavy atom. The number of rotatable bonds is 6. The molecule has 0 aliphatic rings. The third-order valence-corrected chi connectivity index (χ3v) is 3.36. The van der Waals surface area contributed by atoms with Crippen molar-refractivity contribution >= 4 is 6.08 Å². The smallest absolute Gasteiger partial charge is 0.0950 e. The maximum atomic E-state index is 8.91. The SMILES string of the molecule is C=C(C)C/C(C)=C\C(C)=C(\C#N)CCN.C=Cc1ccc(C)cc1.CC. The molecule has 0 heterocycles. The van der Waals surface area contributed by atoms with Crippen LogP contribution in [-0.4, -0.2) is 6.54 Å². The molecule has 1 rings (SSSR count). The van der Waals surface area contributed by atoms with Crippen LogP contribution in [0.3, 0.4) is 0 Å². The summed E-state index contributed by atoms with van der Waals surface area (Å²) >= 11 is 0. The van der Waals surface area contributed by atoms with Crippen molar-refractivity contribution in [2.45, 2.75) is 54.4 Å². The first-order valence-corrected chi connectivity index (χ1v) is 9.14.